The van der Waals surface area contributed by atoms with Gasteiger partial charge in [0.2, 0.25) is 17.7 Å². The monoisotopic (exact) mass is 591 g/mol. The maximum atomic E-state index is 14.5. The Morgan fingerprint density at radius 2 is 1.79 bits per heavy atom. The molecule has 3 heterocycles. The van der Waals surface area contributed by atoms with Gasteiger partial charge in [-0.3, -0.25) is 14.4 Å². The Morgan fingerprint density at radius 1 is 1.05 bits per heavy atom. The lowest BCUT2D eigenvalue weighted by atomic mass is 9.70. The van der Waals surface area contributed by atoms with Crippen molar-refractivity contribution in [3.8, 4) is 5.75 Å². The minimum Gasteiger partial charge on any atom is -0.494 e. The maximum absolute atomic E-state index is 14.5. The number of rotatable bonds is 10. The third-order valence-electron chi connectivity index (χ3n) is 9.59. The molecule has 4 fully saturated rings. The molecule has 1 aliphatic carbocycles. The first kappa shape index (κ1) is 29.1. The van der Waals surface area contributed by atoms with E-state index in [-0.39, 0.29) is 35.6 Å². The van der Waals surface area contributed by atoms with Gasteiger partial charge in [-0.05, 0) is 68.9 Å². The van der Waals surface area contributed by atoms with Crippen LogP contribution >= 0.6 is 11.8 Å². The van der Waals surface area contributed by atoms with Crippen molar-refractivity contribution >= 4 is 35.2 Å². The van der Waals surface area contributed by atoms with Crippen molar-refractivity contribution < 1.29 is 24.2 Å². The highest BCUT2D eigenvalue weighted by Gasteiger charge is 2.74. The number of carbonyl (C=O) groups excluding carboxylic acids is 3. The fourth-order valence-electron chi connectivity index (χ4n) is 7.77. The average molecular weight is 592 g/mol. The summed E-state index contributed by atoms with van der Waals surface area (Å²) < 4.78 is 4.84. The van der Waals surface area contributed by atoms with Gasteiger partial charge in [-0.15, -0.1) is 11.8 Å². The Kier molecular flexibility index (Phi) is 8.50. The summed E-state index contributed by atoms with van der Waals surface area (Å²) in [5, 5.41) is 16.9. The summed E-state index contributed by atoms with van der Waals surface area (Å²) in [7, 11) is 0. The van der Waals surface area contributed by atoms with Gasteiger partial charge in [-0.25, -0.2) is 0 Å². The molecule has 0 radical (unpaired) electrons. The van der Waals surface area contributed by atoms with Gasteiger partial charge >= 0.3 is 0 Å². The molecule has 3 saturated heterocycles. The zero-order chi connectivity index (χ0) is 29.3. The fourth-order valence-corrected chi connectivity index (χ4v) is 9.98. The van der Waals surface area contributed by atoms with Gasteiger partial charge in [0, 0.05) is 17.0 Å². The van der Waals surface area contributed by atoms with Crippen molar-refractivity contribution in [2.24, 2.45) is 11.8 Å². The number of likely N-dealkylation sites (tertiary alicyclic amines) is 1. The lowest BCUT2D eigenvalue weighted by molar-refractivity contribution is -0.142. The predicted octanol–water partition coefficient (Wildman–Crippen LogP) is 4.17. The van der Waals surface area contributed by atoms with E-state index in [2.05, 4.69) is 10.6 Å². The number of anilines is 1. The summed E-state index contributed by atoms with van der Waals surface area (Å²) >= 11 is 1.66. The number of aliphatic hydroxyl groups is 1. The summed E-state index contributed by atoms with van der Waals surface area (Å²) in [6, 6.07) is 15.8. The fraction of sp³-hybridized carbons (Fsp3) is 0.545. The smallest absolute Gasteiger partial charge is 0.244 e. The predicted molar refractivity (Wildman–Crippen MR) is 163 cm³/mol. The van der Waals surface area contributed by atoms with Crippen LogP contribution in [0.3, 0.4) is 0 Å². The lowest BCUT2D eigenvalue weighted by Gasteiger charge is -2.38. The van der Waals surface area contributed by atoms with E-state index in [0.29, 0.717) is 25.1 Å². The third kappa shape index (κ3) is 5.30. The van der Waals surface area contributed by atoms with Crippen molar-refractivity contribution in [3.05, 3.63) is 60.2 Å². The molecule has 3 N–H and O–H groups in total. The first-order valence-corrected chi connectivity index (χ1v) is 16.3. The van der Waals surface area contributed by atoms with Crippen LogP contribution in [0.4, 0.5) is 5.69 Å². The minimum absolute atomic E-state index is 0.0320. The van der Waals surface area contributed by atoms with Crippen molar-refractivity contribution in [1.29, 1.82) is 0 Å². The number of aliphatic hydroxyl groups excluding tert-OH is 1. The molecule has 2 aromatic carbocycles. The van der Waals surface area contributed by atoms with Crippen LogP contribution in [-0.2, 0) is 20.8 Å². The molecule has 4 aliphatic rings. The molecule has 3 aliphatic heterocycles. The van der Waals surface area contributed by atoms with Gasteiger partial charge in [0.05, 0.1) is 35.8 Å². The largest absolute Gasteiger partial charge is 0.494 e. The van der Waals surface area contributed by atoms with Crippen LogP contribution in [-0.4, -0.2) is 69.1 Å². The number of nitrogens with one attached hydrogen (secondary N) is 2. The Morgan fingerprint density at radius 3 is 2.48 bits per heavy atom. The normalized spacial score (nSPS) is 29.3. The second kappa shape index (κ2) is 12.3. The van der Waals surface area contributed by atoms with Crippen LogP contribution < -0.4 is 15.4 Å². The Balaban J connectivity index is 1.30. The highest BCUT2D eigenvalue weighted by atomic mass is 32.2. The third-order valence-corrected chi connectivity index (χ3v) is 11.5. The molecule has 2 unspecified atom stereocenters. The average Bonchev–Trinajstić information content (AvgIpc) is 3.65. The maximum Gasteiger partial charge on any atom is 0.244 e. The van der Waals surface area contributed by atoms with Crippen LogP contribution in [0.5, 0.6) is 5.75 Å². The van der Waals surface area contributed by atoms with Crippen molar-refractivity contribution in [1.82, 2.24) is 10.2 Å². The number of hydrogen-bond donors (Lipinski definition) is 3. The Labute approximate surface area is 252 Å². The quantitative estimate of drug-likeness (QED) is 0.383. The molecule has 0 aromatic heterocycles. The second-order valence-corrected chi connectivity index (χ2v) is 13.7. The van der Waals surface area contributed by atoms with E-state index in [4.69, 9.17) is 4.74 Å². The zero-order valence-corrected chi connectivity index (χ0v) is 25.0. The van der Waals surface area contributed by atoms with E-state index < -0.39 is 28.7 Å². The molecule has 9 heteroatoms. The molecule has 42 heavy (non-hydrogen) atoms. The molecule has 2 aromatic rings. The van der Waals surface area contributed by atoms with E-state index in [1.165, 1.54) is 6.42 Å². The summed E-state index contributed by atoms with van der Waals surface area (Å²) in [6.07, 6.45) is 7.16. The number of nitrogens with zero attached hydrogens (tertiary/aromatic N) is 1. The molecule has 6 rings (SSSR count). The minimum atomic E-state index is -0.726. The SMILES string of the molecule is CCOc1ccc(NC(=O)[C@@H]2[C@@H]3CCC4(S3)C(C(=O)NC3CCCCC3)N([C@@H](CO)Cc3ccccc3)C(=O)[C@H]24)cc1. The highest BCUT2D eigenvalue weighted by Crippen LogP contribution is 2.66. The molecule has 1 saturated carbocycles. The van der Waals surface area contributed by atoms with E-state index in [0.717, 1.165) is 43.4 Å². The Hall–Kier alpha value is -3.04. The van der Waals surface area contributed by atoms with Crippen molar-refractivity contribution in [2.75, 3.05) is 18.5 Å². The molecule has 224 valence electrons. The summed E-state index contributed by atoms with van der Waals surface area (Å²) in [6.45, 7) is 2.22. The topological polar surface area (TPSA) is 108 Å². The second-order valence-electron chi connectivity index (χ2n) is 12.1. The van der Waals surface area contributed by atoms with Gasteiger partial charge in [0.1, 0.15) is 11.8 Å². The van der Waals surface area contributed by atoms with Crippen molar-refractivity contribution in [3.63, 3.8) is 0 Å². The van der Waals surface area contributed by atoms with Crippen molar-refractivity contribution in [2.45, 2.75) is 86.4 Å². The van der Waals surface area contributed by atoms with E-state index in [1.54, 1.807) is 16.7 Å². The molecule has 2 bridgehead atoms. The standard InChI is InChI=1S/C33H41N3O5S/c1-2-41-25-15-13-23(14-16-25)34-30(38)27-26-17-18-33(42-26)28(27)32(40)36(24(20-37)19-21-9-5-3-6-10-21)29(33)31(39)35-22-11-7-4-8-12-22/h3,5-6,9-10,13-16,22,24,26-29,37H,2,4,7-8,11-12,17-20H2,1H3,(H,34,38)(H,35,39)/t24-,26+,27-,28+,29?,33?/m1/s1. The number of benzene rings is 2. The first-order valence-electron chi connectivity index (χ1n) is 15.4. The van der Waals surface area contributed by atoms with Gasteiger partial charge in [0.15, 0.2) is 0 Å². The number of fused-ring (bicyclic) bond motifs is 1. The van der Waals surface area contributed by atoms with Crippen LogP contribution in [0, 0.1) is 11.8 Å². The van der Waals surface area contributed by atoms with Crippen LogP contribution in [0.2, 0.25) is 0 Å². The van der Waals surface area contributed by atoms with Crippen LogP contribution in [0.25, 0.3) is 0 Å². The van der Waals surface area contributed by atoms with Crippen LogP contribution in [0.1, 0.15) is 57.4 Å². The van der Waals surface area contributed by atoms with E-state index in [9.17, 15) is 19.5 Å². The first-order chi connectivity index (χ1) is 20.4. The highest BCUT2D eigenvalue weighted by molar-refractivity contribution is 8.02. The number of amides is 3. The summed E-state index contributed by atoms with van der Waals surface area (Å²) in [5.74, 6) is -0.939. The summed E-state index contributed by atoms with van der Waals surface area (Å²) in [5.41, 5.74) is 1.64. The number of carbonyl (C=O) groups is 3. The molecular weight excluding hydrogens is 550 g/mol. The molecular formula is C33H41N3O5S. The lowest BCUT2D eigenvalue weighted by Crippen LogP contribution is -2.58. The number of hydrogen-bond acceptors (Lipinski definition) is 6. The molecule has 1 spiro atoms. The van der Waals surface area contributed by atoms with E-state index in [1.807, 2.05) is 61.5 Å². The molecule has 3 amide bonds. The molecule has 6 atom stereocenters. The summed E-state index contributed by atoms with van der Waals surface area (Å²) in [4.78, 5) is 44.2. The van der Waals surface area contributed by atoms with Crippen LogP contribution in [0.15, 0.2) is 54.6 Å². The van der Waals surface area contributed by atoms with Gasteiger partial charge in [0.25, 0.3) is 0 Å². The zero-order valence-electron chi connectivity index (χ0n) is 24.2. The number of thioether (sulfide) groups is 1. The van der Waals surface area contributed by atoms with Gasteiger partial charge in [-0.2, -0.15) is 0 Å². The van der Waals surface area contributed by atoms with E-state index >= 15 is 0 Å². The Bertz CT molecular complexity index is 1280. The van der Waals surface area contributed by atoms with Gasteiger partial charge < -0.3 is 25.4 Å². The van der Waals surface area contributed by atoms with Gasteiger partial charge in [-0.1, -0.05) is 49.6 Å². The molecule has 8 nitrogen and oxygen atoms in total. The number of ether oxygens (including phenoxy) is 1.